The van der Waals surface area contributed by atoms with E-state index in [9.17, 15) is 29.1 Å². The van der Waals surface area contributed by atoms with Gasteiger partial charge >= 0.3 is 5.97 Å². The second kappa shape index (κ2) is 20.0. The molecule has 0 aliphatic rings. The molecule has 0 saturated carbocycles. The molecule has 2 atom stereocenters. The molecule has 0 aliphatic heterocycles. The van der Waals surface area contributed by atoms with Crippen molar-refractivity contribution in [1.29, 1.82) is 0 Å². The highest BCUT2D eigenvalue weighted by Gasteiger charge is 2.32. The van der Waals surface area contributed by atoms with Gasteiger partial charge in [-0.2, -0.15) is 12.6 Å². The Hall–Kier alpha value is -4.64. The van der Waals surface area contributed by atoms with Crippen molar-refractivity contribution in [3.63, 3.8) is 0 Å². The van der Waals surface area contributed by atoms with Crippen molar-refractivity contribution in [3.8, 4) is 11.1 Å². The van der Waals surface area contributed by atoms with Crippen molar-refractivity contribution in [2.45, 2.75) is 59.0 Å². The molecule has 0 fully saturated rings. The Morgan fingerprint density at radius 2 is 1.45 bits per heavy atom. The summed E-state index contributed by atoms with van der Waals surface area (Å²) in [6, 6.07) is 23.0. The zero-order valence-corrected chi connectivity index (χ0v) is 29.4. The standard InChI is InChI=1S/C38H48N4O6S/c1-4-5-15-34(44)42(24-28-16-18-29(19-17-28)31-13-9-10-14-32(31)38(47)48)35(26(2)3)37(46)40-21-20-39-33(43)23-41-36(45)30(25-49)22-27-11-7-6-8-12-27/h6-14,16-19,26,30,35,49H,4-5,15,20-25H2,1-3H3,(H,39,43)(H,40,46)(H,41,45)(H,47,48). The number of carbonyl (C=O) groups is 5. The molecule has 3 aromatic rings. The topological polar surface area (TPSA) is 145 Å². The molecule has 3 aromatic carbocycles. The quantitative estimate of drug-likeness (QED) is 0.0910. The van der Waals surface area contributed by atoms with Crippen LogP contribution in [0.2, 0.25) is 0 Å². The van der Waals surface area contributed by atoms with Gasteiger partial charge in [0, 0.05) is 31.8 Å². The molecule has 11 heteroatoms. The van der Waals surface area contributed by atoms with Crippen molar-refractivity contribution in [2.24, 2.45) is 11.8 Å². The van der Waals surface area contributed by atoms with Crippen molar-refractivity contribution in [3.05, 3.63) is 95.6 Å². The minimum absolute atomic E-state index is 0.133. The molecule has 0 aliphatic carbocycles. The molecule has 0 spiro atoms. The Labute approximate surface area is 294 Å². The van der Waals surface area contributed by atoms with Gasteiger partial charge in [0.15, 0.2) is 0 Å². The van der Waals surface area contributed by atoms with Gasteiger partial charge < -0.3 is 26.0 Å². The highest BCUT2D eigenvalue weighted by Crippen LogP contribution is 2.25. The number of aromatic carboxylic acids is 1. The summed E-state index contributed by atoms with van der Waals surface area (Å²) >= 11 is 4.30. The van der Waals surface area contributed by atoms with E-state index in [4.69, 9.17) is 0 Å². The zero-order valence-electron chi connectivity index (χ0n) is 28.5. The molecular formula is C38H48N4O6S. The van der Waals surface area contributed by atoms with Crippen molar-refractivity contribution < 1.29 is 29.1 Å². The van der Waals surface area contributed by atoms with E-state index >= 15 is 0 Å². The van der Waals surface area contributed by atoms with E-state index in [1.165, 1.54) is 0 Å². The van der Waals surface area contributed by atoms with E-state index in [0.29, 0.717) is 30.6 Å². The first kappa shape index (κ1) is 38.8. The van der Waals surface area contributed by atoms with Gasteiger partial charge in [-0.15, -0.1) is 0 Å². The molecule has 4 amide bonds. The number of benzene rings is 3. The summed E-state index contributed by atoms with van der Waals surface area (Å²) in [5.41, 5.74) is 3.35. The molecule has 0 saturated heterocycles. The maximum atomic E-state index is 13.5. The summed E-state index contributed by atoms with van der Waals surface area (Å²) in [6.07, 6.45) is 2.35. The van der Waals surface area contributed by atoms with Crippen molar-refractivity contribution in [1.82, 2.24) is 20.9 Å². The van der Waals surface area contributed by atoms with Gasteiger partial charge in [-0.3, -0.25) is 19.2 Å². The average molecular weight is 689 g/mol. The van der Waals surface area contributed by atoms with Crippen LogP contribution < -0.4 is 16.0 Å². The van der Waals surface area contributed by atoms with Gasteiger partial charge in [-0.25, -0.2) is 4.79 Å². The van der Waals surface area contributed by atoms with E-state index in [0.717, 1.165) is 23.1 Å². The van der Waals surface area contributed by atoms with E-state index < -0.39 is 12.0 Å². The summed E-state index contributed by atoms with van der Waals surface area (Å²) in [6.45, 7) is 6.07. The van der Waals surface area contributed by atoms with Gasteiger partial charge in [0.25, 0.3) is 0 Å². The summed E-state index contributed by atoms with van der Waals surface area (Å²) in [5, 5.41) is 17.8. The van der Waals surface area contributed by atoms with Crippen LogP contribution in [0.15, 0.2) is 78.9 Å². The number of hydrogen-bond acceptors (Lipinski definition) is 6. The van der Waals surface area contributed by atoms with Crippen LogP contribution in [0.3, 0.4) is 0 Å². The summed E-state index contributed by atoms with van der Waals surface area (Å²) in [7, 11) is 0. The number of nitrogens with one attached hydrogen (secondary N) is 3. The van der Waals surface area contributed by atoms with E-state index in [1.54, 1.807) is 29.2 Å². The van der Waals surface area contributed by atoms with Crippen LogP contribution >= 0.6 is 12.6 Å². The monoisotopic (exact) mass is 688 g/mol. The summed E-state index contributed by atoms with van der Waals surface area (Å²) < 4.78 is 0. The highest BCUT2D eigenvalue weighted by molar-refractivity contribution is 7.80. The van der Waals surface area contributed by atoms with Gasteiger partial charge in [0.05, 0.1) is 18.0 Å². The number of unbranched alkanes of at least 4 members (excludes halogenated alkanes) is 1. The molecule has 2 unspecified atom stereocenters. The van der Waals surface area contributed by atoms with Crippen LogP contribution in [0.4, 0.5) is 0 Å². The minimum atomic E-state index is -1.01. The summed E-state index contributed by atoms with van der Waals surface area (Å²) in [4.78, 5) is 65.4. The number of hydrogen-bond donors (Lipinski definition) is 5. The predicted octanol–water partition coefficient (Wildman–Crippen LogP) is 4.73. The Bertz CT molecular complexity index is 1550. The van der Waals surface area contributed by atoms with Crippen LogP contribution in [0.1, 0.15) is 61.5 Å². The SMILES string of the molecule is CCCCC(=O)N(Cc1ccc(-c2ccccc2C(=O)O)cc1)C(C(=O)NCCNC(=O)CNC(=O)C(CS)Cc1ccccc1)C(C)C. The van der Waals surface area contributed by atoms with Crippen LogP contribution in [0.5, 0.6) is 0 Å². The lowest BCUT2D eigenvalue weighted by Gasteiger charge is -2.34. The van der Waals surface area contributed by atoms with E-state index in [2.05, 4.69) is 28.6 Å². The number of thiol groups is 1. The number of nitrogens with zero attached hydrogens (tertiary/aromatic N) is 1. The lowest BCUT2D eigenvalue weighted by atomic mass is 9.97. The van der Waals surface area contributed by atoms with Crippen molar-refractivity contribution in [2.75, 3.05) is 25.4 Å². The molecule has 4 N–H and O–H groups in total. The second-order valence-corrected chi connectivity index (χ2v) is 12.7. The van der Waals surface area contributed by atoms with Crippen LogP contribution in [-0.4, -0.2) is 71.0 Å². The largest absolute Gasteiger partial charge is 0.478 e. The normalized spacial score (nSPS) is 12.1. The van der Waals surface area contributed by atoms with E-state index in [-0.39, 0.29) is 67.2 Å². The number of carboxylic acids is 1. The van der Waals surface area contributed by atoms with Crippen LogP contribution in [-0.2, 0) is 32.1 Å². The zero-order chi connectivity index (χ0) is 35.8. The Balaban J connectivity index is 1.58. The average Bonchev–Trinajstić information content (AvgIpc) is 3.10. The molecule has 49 heavy (non-hydrogen) atoms. The smallest absolute Gasteiger partial charge is 0.336 e. The number of carbonyl (C=O) groups excluding carboxylic acids is 4. The van der Waals surface area contributed by atoms with Gasteiger partial charge in [0.1, 0.15) is 6.04 Å². The first-order valence-corrected chi connectivity index (χ1v) is 17.4. The first-order chi connectivity index (χ1) is 23.5. The predicted molar refractivity (Wildman–Crippen MR) is 194 cm³/mol. The molecule has 0 bridgehead atoms. The molecule has 3 rings (SSSR count). The third kappa shape index (κ3) is 12.1. The van der Waals surface area contributed by atoms with Gasteiger partial charge in [-0.05, 0) is 47.1 Å². The van der Waals surface area contributed by atoms with Gasteiger partial charge in [0.2, 0.25) is 23.6 Å². The minimum Gasteiger partial charge on any atom is -0.478 e. The van der Waals surface area contributed by atoms with Crippen LogP contribution in [0.25, 0.3) is 11.1 Å². The van der Waals surface area contributed by atoms with E-state index in [1.807, 2.05) is 75.4 Å². The van der Waals surface area contributed by atoms with Crippen LogP contribution in [0, 0.1) is 11.8 Å². The molecule has 10 nitrogen and oxygen atoms in total. The second-order valence-electron chi connectivity index (χ2n) is 12.3. The molecular weight excluding hydrogens is 641 g/mol. The Morgan fingerprint density at radius 3 is 2.08 bits per heavy atom. The lowest BCUT2D eigenvalue weighted by molar-refractivity contribution is -0.143. The maximum Gasteiger partial charge on any atom is 0.336 e. The van der Waals surface area contributed by atoms with Gasteiger partial charge in [-0.1, -0.05) is 100.0 Å². The molecule has 0 heterocycles. The van der Waals surface area contributed by atoms with Crippen molar-refractivity contribution >= 4 is 42.2 Å². The number of amides is 4. The highest BCUT2D eigenvalue weighted by atomic mass is 32.1. The maximum absolute atomic E-state index is 13.5. The molecule has 262 valence electrons. The lowest BCUT2D eigenvalue weighted by Crippen LogP contribution is -2.53. The fraction of sp³-hybridized carbons (Fsp3) is 0.395. The third-order valence-electron chi connectivity index (χ3n) is 8.16. The Morgan fingerprint density at radius 1 is 0.796 bits per heavy atom. The third-order valence-corrected chi connectivity index (χ3v) is 8.60. The fourth-order valence-corrected chi connectivity index (χ4v) is 5.83. The summed E-state index contributed by atoms with van der Waals surface area (Å²) in [5.74, 6) is -2.34. The molecule has 0 aromatic heterocycles. The fourth-order valence-electron chi connectivity index (χ4n) is 5.53. The Kier molecular flexibility index (Phi) is 15.8. The number of rotatable bonds is 19. The first-order valence-electron chi connectivity index (χ1n) is 16.7. The number of carboxylic acid groups (broad SMARTS) is 1. The molecule has 0 radical (unpaired) electrons.